The van der Waals surface area contributed by atoms with E-state index in [-0.39, 0.29) is 67.8 Å². The molecule has 386 valence electrons. The molecule has 5 saturated heterocycles. The smallest absolute Gasteiger partial charge is 0.332 e. The molecule has 9 N–H and O–H groups in total. The zero-order valence-corrected chi connectivity index (χ0v) is 41.1. The van der Waals surface area contributed by atoms with E-state index in [1.807, 2.05) is 6.92 Å². The van der Waals surface area contributed by atoms with Crippen molar-refractivity contribution in [2.24, 2.45) is 23.7 Å². The number of cyclic esters (lactones) is 1. The second kappa shape index (κ2) is 21.5. The first-order valence-electron chi connectivity index (χ1n) is 24.2. The summed E-state index contributed by atoms with van der Waals surface area (Å²) in [6.07, 6.45) is -1.48. The van der Waals surface area contributed by atoms with Gasteiger partial charge in [-0.1, -0.05) is 54.9 Å². The summed E-state index contributed by atoms with van der Waals surface area (Å²) in [5, 5.41) is 73.8. The number of amides is 6. The fourth-order valence-electron chi connectivity index (χ4n) is 10.1. The van der Waals surface area contributed by atoms with Crippen LogP contribution in [0.4, 0.5) is 0 Å². The van der Waals surface area contributed by atoms with Crippen LogP contribution in [0.1, 0.15) is 127 Å². The number of β-amino-alcohol motifs (C(OH)–C–C–N with tert-alkyl or cyclic N) is 1. The van der Waals surface area contributed by atoms with Crippen LogP contribution in [-0.4, -0.2) is 188 Å². The molecule has 5 fully saturated rings. The number of aliphatic hydroxyl groups is 4. The van der Waals surface area contributed by atoms with Crippen LogP contribution in [0.25, 0.3) is 0 Å². The molecular weight excluding hydrogens is 893 g/mol. The van der Waals surface area contributed by atoms with Crippen molar-refractivity contribution in [1.82, 2.24) is 41.2 Å². The number of hydrogen-bond donors (Lipinski definition) is 9. The van der Waals surface area contributed by atoms with Crippen LogP contribution in [0, 0.1) is 23.7 Å². The minimum atomic E-state index is -2.76. The molecule has 23 nitrogen and oxygen atoms in total. The molecule has 6 amide bonds. The molecule has 0 spiro atoms. The summed E-state index contributed by atoms with van der Waals surface area (Å²) < 4.78 is 12.2. The Labute approximate surface area is 397 Å². The first-order chi connectivity index (χ1) is 31.6. The average molecular weight is 969 g/mol. The molecule has 14 atom stereocenters. The molecule has 3 unspecified atom stereocenters. The Balaban J connectivity index is 1.62. The molecule has 5 aliphatic heterocycles. The van der Waals surface area contributed by atoms with Gasteiger partial charge in [0.25, 0.3) is 29.5 Å². The molecule has 68 heavy (non-hydrogen) atoms. The summed E-state index contributed by atoms with van der Waals surface area (Å²) in [6.45, 7) is 15.0. The minimum Gasteiger partial charge on any atom is -0.458 e. The second-order valence-electron chi connectivity index (χ2n) is 20.6. The molecule has 0 aliphatic carbocycles. The minimum absolute atomic E-state index is 0.0101. The van der Waals surface area contributed by atoms with Gasteiger partial charge in [-0.25, -0.2) is 25.8 Å². The van der Waals surface area contributed by atoms with Crippen molar-refractivity contribution in [1.29, 1.82) is 0 Å². The number of carbonyl (C=O) groups excluding carboxylic acids is 7. The Morgan fingerprint density at radius 3 is 2.13 bits per heavy atom. The van der Waals surface area contributed by atoms with Crippen LogP contribution in [-0.2, 0) is 43.0 Å². The number of hydrogen-bond acceptors (Lipinski definition) is 17. The SMILES string of the molecule is CC[C@H](C)CC1CC[C@](O)([C@](C)(O)C(=O)NC2C(=O)N3NCCC[C@@H]3C(=O)N(O)[C@@H](C)C(=O)N3NC[C@H](O)C[C@@H]3C(=O)N3CC[C@@](C)(O)[C@H]3C(=O)N(O)[C@@H](C(C)C)C(=O)OC2C(C)C)O[C@@H]1CC. The Hall–Kier alpha value is -4.07. The van der Waals surface area contributed by atoms with E-state index in [0.717, 1.165) is 41.6 Å². The van der Waals surface area contributed by atoms with Gasteiger partial charge in [-0.05, 0) is 83.0 Å². The highest BCUT2D eigenvalue weighted by Gasteiger charge is 2.59. The molecule has 5 rings (SSSR count). The predicted molar refractivity (Wildman–Crippen MR) is 237 cm³/mol. The van der Waals surface area contributed by atoms with Crippen molar-refractivity contribution in [3.63, 3.8) is 0 Å². The van der Waals surface area contributed by atoms with Gasteiger partial charge in [0.1, 0.15) is 36.3 Å². The summed E-state index contributed by atoms with van der Waals surface area (Å²) in [7, 11) is 0. The Morgan fingerprint density at radius 1 is 0.882 bits per heavy atom. The third-order valence-corrected chi connectivity index (χ3v) is 14.7. The standard InChI is InChI=1S/C45H76N8O15/c1-11-25(7)20-27-15-16-45(64,68-31(27)12-2)44(10,63)42(61)48-32-34(24(5)6)67-41(60)33(23(3)4)53(66)40(59)35-43(9,62)17-19-49(35)37(56)30-21-28(54)22-47-51(30)36(55)26(8)52(65)38(57)29-14-13-18-46-50(29)39(32)58/h23-35,46-47,54,62-66H,11-22H2,1-10H3,(H,48,61)/t25-,26-,27?,28+,29+,30+,31+,32?,33-,34?,35+,43+,44+,45+/m0/s1. The largest absolute Gasteiger partial charge is 0.458 e. The lowest BCUT2D eigenvalue weighted by molar-refractivity contribution is -0.329. The quantitative estimate of drug-likeness (QED) is 0.102. The number of rotatable bonds is 9. The Morgan fingerprint density at radius 2 is 1.53 bits per heavy atom. The highest BCUT2D eigenvalue weighted by Crippen LogP contribution is 2.42. The topological polar surface area (TPSA) is 312 Å². The highest BCUT2D eigenvalue weighted by molar-refractivity contribution is 5.98. The fraction of sp³-hybridized carbons (Fsp3) is 0.844. The maximum absolute atomic E-state index is 15.1. The van der Waals surface area contributed by atoms with E-state index in [1.165, 1.54) is 34.6 Å². The summed E-state index contributed by atoms with van der Waals surface area (Å²) in [6, 6.07) is -10.6. The van der Waals surface area contributed by atoms with Crippen LogP contribution in [0.5, 0.6) is 0 Å². The van der Waals surface area contributed by atoms with Crippen molar-refractivity contribution in [2.75, 3.05) is 19.6 Å². The molecule has 0 aromatic carbocycles. The third kappa shape index (κ3) is 10.8. The number of hydrazine groups is 2. The van der Waals surface area contributed by atoms with Crippen LogP contribution in [0.2, 0.25) is 0 Å². The van der Waals surface area contributed by atoms with Crippen LogP contribution >= 0.6 is 0 Å². The van der Waals surface area contributed by atoms with Crippen molar-refractivity contribution in [3.05, 3.63) is 0 Å². The van der Waals surface area contributed by atoms with Crippen molar-refractivity contribution >= 4 is 41.4 Å². The molecule has 0 aromatic heterocycles. The van der Waals surface area contributed by atoms with Gasteiger partial charge in [0.05, 0.1) is 17.8 Å². The van der Waals surface area contributed by atoms with Crippen molar-refractivity contribution < 1.29 is 73.9 Å². The van der Waals surface area contributed by atoms with Gasteiger partial charge >= 0.3 is 5.97 Å². The second-order valence-corrected chi connectivity index (χ2v) is 20.6. The number of nitrogens with zero attached hydrogens (tertiary/aromatic N) is 5. The first-order valence-corrected chi connectivity index (χ1v) is 24.2. The predicted octanol–water partition coefficient (Wildman–Crippen LogP) is -0.704. The van der Waals surface area contributed by atoms with Crippen LogP contribution < -0.4 is 16.2 Å². The number of aliphatic hydroxyl groups excluding tert-OH is 1. The number of hydroxylamine groups is 4. The van der Waals surface area contributed by atoms with E-state index in [1.54, 1.807) is 0 Å². The van der Waals surface area contributed by atoms with Crippen LogP contribution in [0.15, 0.2) is 0 Å². The van der Waals surface area contributed by atoms with Gasteiger partial charge in [0.15, 0.2) is 11.6 Å². The van der Waals surface area contributed by atoms with Gasteiger partial charge in [-0.3, -0.25) is 49.2 Å². The van der Waals surface area contributed by atoms with Gasteiger partial charge in [-0.2, -0.15) is 0 Å². The molecule has 5 heterocycles. The maximum atomic E-state index is 15.1. The fourth-order valence-corrected chi connectivity index (χ4v) is 10.1. The molecule has 23 heteroatoms. The van der Waals surface area contributed by atoms with Gasteiger partial charge in [0.2, 0.25) is 11.7 Å². The molecule has 0 saturated carbocycles. The number of carbonyl (C=O) groups is 7. The van der Waals surface area contributed by atoms with E-state index < -0.39 is 125 Å². The molecule has 0 bridgehead atoms. The Kier molecular flexibility index (Phi) is 17.4. The number of fused-ring (bicyclic) bond motifs is 3. The van der Waals surface area contributed by atoms with E-state index in [9.17, 15) is 59.6 Å². The maximum Gasteiger partial charge on any atom is 0.332 e. The lowest BCUT2D eigenvalue weighted by Crippen LogP contribution is -2.70. The van der Waals surface area contributed by atoms with E-state index >= 15 is 4.79 Å². The lowest BCUT2D eigenvalue weighted by atomic mass is 9.78. The van der Waals surface area contributed by atoms with Crippen molar-refractivity contribution in [3.8, 4) is 0 Å². The van der Waals surface area contributed by atoms with E-state index in [4.69, 9.17) is 9.47 Å². The van der Waals surface area contributed by atoms with E-state index in [0.29, 0.717) is 18.8 Å². The number of nitrogens with one attached hydrogen (secondary N) is 3. The summed E-state index contributed by atoms with van der Waals surface area (Å²) in [4.78, 5) is 103. The molecule has 0 radical (unpaired) electrons. The summed E-state index contributed by atoms with van der Waals surface area (Å²) in [5.74, 6) is -12.1. The summed E-state index contributed by atoms with van der Waals surface area (Å²) in [5.41, 5.74) is 0.710. The number of ether oxygens (including phenoxy) is 2. The molecule has 0 aromatic rings. The normalized spacial score (nSPS) is 36.6. The molecule has 5 aliphatic rings. The lowest BCUT2D eigenvalue weighted by Gasteiger charge is -2.48. The zero-order valence-electron chi connectivity index (χ0n) is 41.1. The first kappa shape index (κ1) is 54.9. The Bertz CT molecular complexity index is 1890. The third-order valence-electron chi connectivity index (χ3n) is 14.7. The highest BCUT2D eigenvalue weighted by atomic mass is 16.6. The summed E-state index contributed by atoms with van der Waals surface area (Å²) >= 11 is 0. The van der Waals surface area contributed by atoms with Crippen molar-refractivity contribution in [2.45, 2.75) is 199 Å². The van der Waals surface area contributed by atoms with Gasteiger partial charge in [-0.15, -0.1) is 0 Å². The van der Waals surface area contributed by atoms with Gasteiger partial charge < -0.3 is 40.1 Å². The van der Waals surface area contributed by atoms with Crippen LogP contribution in [0.3, 0.4) is 0 Å². The zero-order chi connectivity index (χ0) is 51.0. The number of esters is 1. The van der Waals surface area contributed by atoms with Gasteiger partial charge in [0, 0.05) is 32.5 Å². The monoisotopic (exact) mass is 969 g/mol. The average Bonchev–Trinajstić information content (AvgIpc) is 3.62. The van der Waals surface area contributed by atoms with E-state index in [2.05, 4.69) is 30.0 Å². The molecular formula is C45H76N8O15.